The van der Waals surface area contributed by atoms with Crippen LogP contribution >= 0.6 is 11.8 Å². The number of carbonyl (C=O) groups is 1. The van der Waals surface area contributed by atoms with E-state index in [9.17, 15) is 4.79 Å². The molecule has 23 heavy (non-hydrogen) atoms. The van der Waals surface area contributed by atoms with Crippen molar-refractivity contribution in [3.8, 4) is 11.4 Å². The Morgan fingerprint density at radius 1 is 1.39 bits per heavy atom. The van der Waals surface area contributed by atoms with E-state index in [1.54, 1.807) is 17.9 Å². The van der Waals surface area contributed by atoms with Crippen molar-refractivity contribution >= 4 is 17.7 Å². The van der Waals surface area contributed by atoms with Crippen molar-refractivity contribution in [2.24, 2.45) is 0 Å². The fourth-order valence-corrected chi connectivity index (χ4v) is 3.73. The third kappa shape index (κ3) is 3.37. The molecule has 2 heterocycles. The van der Waals surface area contributed by atoms with Gasteiger partial charge in [0.25, 0.3) is 5.91 Å². The van der Waals surface area contributed by atoms with Crippen molar-refractivity contribution < 1.29 is 9.53 Å². The molecule has 0 aliphatic carbocycles. The molecule has 1 saturated heterocycles. The van der Waals surface area contributed by atoms with Crippen LogP contribution in [0.3, 0.4) is 0 Å². The van der Waals surface area contributed by atoms with Crippen molar-refractivity contribution in [2.45, 2.75) is 19.1 Å². The fraction of sp³-hybridized carbons (Fsp3) is 0.412. The molecule has 1 amide bonds. The van der Waals surface area contributed by atoms with E-state index in [0.29, 0.717) is 10.9 Å². The lowest BCUT2D eigenvalue weighted by Crippen LogP contribution is -2.41. The third-order valence-corrected chi connectivity index (χ3v) is 5.05. The van der Waals surface area contributed by atoms with Crippen LogP contribution in [0.4, 0.5) is 0 Å². The highest BCUT2D eigenvalue weighted by atomic mass is 32.2. The highest BCUT2D eigenvalue weighted by molar-refractivity contribution is 7.99. The molecule has 0 unspecified atom stereocenters. The van der Waals surface area contributed by atoms with Crippen molar-refractivity contribution in [1.82, 2.24) is 14.7 Å². The number of benzene rings is 1. The average molecular weight is 331 g/mol. The van der Waals surface area contributed by atoms with Crippen LogP contribution in [0, 0.1) is 6.92 Å². The van der Waals surface area contributed by atoms with Crippen molar-refractivity contribution in [3.05, 3.63) is 41.7 Å². The zero-order chi connectivity index (χ0) is 16.4. The summed E-state index contributed by atoms with van der Waals surface area (Å²) in [6.45, 7) is 5.74. The van der Waals surface area contributed by atoms with Gasteiger partial charge in [-0.1, -0.05) is 13.0 Å². The van der Waals surface area contributed by atoms with Gasteiger partial charge in [0.05, 0.1) is 7.11 Å². The van der Waals surface area contributed by atoms with Gasteiger partial charge in [-0.15, -0.1) is 0 Å². The summed E-state index contributed by atoms with van der Waals surface area (Å²) in [4.78, 5) is 14.5. The van der Waals surface area contributed by atoms with Crippen molar-refractivity contribution in [2.75, 3.05) is 26.0 Å². The minimum atomic E-state index is 0.00233. The summed E-state index contributed by atoms with van der Waals surface area (Å²) in [5.74, 6) is 1.72. The van der Waals surface area contributed by atoms with E-state index in [4.69, 9.17) is 4.74 Å². The Kier molecular flexibility index (Phi) is 4.61. The molecule has 0 saturated carbocycles. The number of hydrogen-bond donors (Lipinski definition) is 0. The van der Waals surface area contributed by atoms with Gasteiger partial charge in [-0.3, -0.25) is 4.79 Å². The second kappa shape index (κ2) is 6.66. The van der Waals surface area contributed by atoms with Gasteiger partial charge < -0.3 is 9.64 Å². The van der Waals surface area contributed by atoms with Gasteiger partial charge in [-0.25, -0.2) is 4.68 Å². The van der Waals surface area contributed by atoms with E-state index >= 15 is 0 Å². The average Bonchev–Trinajstić information content (AvgIpc) is 3.04. The molecular formula is C17H21N3O2S. The minimum absolute atomic E-state index is 0.00233. The number of nitrogens with zero attached hydrogens (tertiary/aromatic N) is 3. The second-order valence-corrected chi connectivity index (χ2v) is 7.30. The lowest BCUT2D eigenvalue weighted by atomic mass is 10.2. The fourth-order valence-electron chi connectivity index (χ4n) is 2.72. The van der Waals surface area contributed by atoms with Gasteiger partial charge in [-0.05, 0) is 30.7 Å². The molecule has 1 fully saturated rings. The molecule has 0 radical (unpaired) electrons. The first-order chi connectivity index (χ1) is 11.1. The number of amides is 1. The van der Waals surface area contributed by atoms with Crippen molar-refractivity contribution in [3.63, 3.8) is 0 Å². The van der Waals surface area contributed by atoms with Crippen LogP contribution < -0.4 is 4.74 Å². The molecule has 2 aromatic rings. The second-order valence-electron chi connectivity index (χ2n) is 5.75. The molecule has 6 heteroatoms. The molecule has 1 atom stereocenters. The van der Waals surface area contributed by atoms with E-state index in [0.717, 1.165) is 35.8 Å². The van der Waals surface area contributed by atoms with Crippen LogP contribution in [-0.2, 0) is 0 Å². The van der Waals surface area contributed by atoms with Crippen LogP contribution in [0.1, 0.15) is 23.0 Å². The number of aryl methyl sites for hydroxylation is 1. The highest BCUT2D eigenvalue weighted by Crippen LogP contribution is 2.24. The molecule has 1 aliphatic rings. The number of carbonyl (C=O) groups excluding carboxylic acids is 1. The van der Waals surface area contributed by atoms with E-state index in [-0.39, 0.29) is 5.91 Å². The number of aromatic nitrogens is 2. The zero-order valence-corrected chi connectivity index (χ0v) is 14.5. The van der Waals surface area contributed by atoms with Crippen LogP contribution in [0.25, 0.3) is 5.69 Å². The normalized spacial score (nSPS) is 18.0. The summed E-state index contributed by atoms with van der Waals surface area (Å²) in [6.07, 6.45) is 1.81. The summed E-state index contributed by atoms with van der Waals surface area (Å²) in [6, 6.07) is 7.68. The van der Waals surface area contributed by atoms with Gasteiger partial charge in [0.2, 0.25) is 0 Å². The van der Waals surface area contributed by atoms with Gasteiger partial charge in [0, 0.05) is 30.3 Å². The van der Waals surface area contributed by atoms with Gasteiger partial charge in [-0.2, -0.15) is 16.9 Å². The highest BCUT2D eigenvalue weighted by Gasteiger charge is 2.24. The molecule has 122 valence electrons. The lowest BCUT2D eigenvalue weighted by molar-refractivity contribution is 0.0756. The Morgan fingerprint density at radius 2 is 2.22 bits per heavy atom. The van der Waals surface area contributed by atoms with E-state index < -0.39 is 0 Å². The summed E-state index contributed by atoms with van der Waals surface area (Å²) < 4.78 is 7.11. The van der Waals surface area contributed by atoms with Gasteiger partial charge >= 0.3 is 0 Å². The molecule has 1 aromatic carbocycles. The standard InChI is InChI=1S/C17H21N3O2S/c1-12-4-5-16(22-3)15(10-12)20-7-6-14(18-20)17(21)19-8-9-23-13(2)11-19/h4-7,10,13H,8-9,11H2,1-3H3/t13-/m1/s1. The Hall–Kier alpha value is -1.95. The smallest absolute Gasteiger partial charge is 0.274 e. The molecule has 1 aromatic heterocycles. The van der Waals surface area contributed by atoms with Crippen LogP contribution in [0.2, 0.25) is 0 Å². The van der Waals surface area contributed by atoms with Crippen molar-refractivity contribution in [1.29, 1.82) is 0 Å². The molecule has 1 aliphatic heterocycles. The molecule has 0 N–H and O–H groups in total. The van der Waals surface area contributed by atoms with E-state index in [2.05, 4.69) is 12.0 Å². The van der Waals surface area contributed by atoms with E-state index in [1.165, 1.54) is 0 Å². The number of thioether (sulfide) groups is 1. The van der Waals surface area contributed by atoms with Gasteiger partial charge in [0.1, 0.15) is 11.4 Å². The molecular weight excluding hydrogens is 310 g/mol. The van der Waals surface area contributed by atoms with Crippen LogP contribution in [-0.4, -0.2) is 51.8 Å². The first kappa shape index (κ1) is 15.9. The Bertz CT molecular complexity index is 714. The SMILES string of the molecule is COc1ccc(C)cc1-n1ccc(C(=O)N2CCS[C@H](C)C2)n1. The Balaban J connectivity index is 1.86. The molecule has 5 nitrogen and oxygen atoms in total. The maximum absolute atomic E-state index is 12.6. The van der Waals surface area contributed by atoms with Crippen LogP contribution in [0.15, 0.2) is 30.5 Å². The number of ether oxygens (including phenoxy) is 1. The quantitative estimate of drug-likeness (QED) is 0.868. The van der Waals surface area contributed by atoms with E-state index in [1.807, 2.05) is 48.0 Å². The maximum atomic E-state index is 12.6. The number of hydrogen-bond acceptors (Lipinski definition) is 4. The minimum Gasteiger partial charge on any atom is -0.494 e. The lowest BCUT2D eigenvalue weighted by Gasteiger charge is -2.29. The Labute approximate surface area is 140 Å². The maximum Gasteiger partial charge on any atom is 0.274 e. The summed E-state index contributed by atoms with van der Waals surface area (Å²) in [7, 11) is 1.64. The Morgan fingerprint density at radius 3 is 2.96 bits per heavy atom. The zero-order valence-electron chi connectivity index (χ0n) is 13.7. The third-order valence-electron chi connectivity index (χ3n) is 3.92. The molecule has 0 spiro atoms. The van der Waals surface area contributed by atoms with Gasteiger partial charge in [0.15, 0.2) is 5.69 Å². The predicted molar refractivity (Wildman–Crippen MR) is 92.7 cm³/mol. The topological polar surface area (TPSA) is 47.4 Å². The number of rotatable bonds is 3. The summed E-state index contributed by atoms with van der Waals surface area (Å²) in [5.41, 5.74) is 2.44. The number of methoxy groups -OCH3 is 1. The first-order valence-electron chi connectivity index (χ1n) is 7.70. The summed E-state index contributed by atoms with van der Waals surface area (Å²) >= 11 is 1.91. The molecule has 0 bridgehead atoms. The summed E-state index contributed by atoms with van der Waals surface area (Å²) in [5, 5.41) is 4.95. The largest absolute Gasteiger partial charge is 0.494 e. The molecule has 3 rings (SSSR count). The first-order valence-corrected chi connectivity index (χ1v) is 8.75. The monoisotopic (exact) mass is 331 g/mol. The van der Waals surface area contributed by atoms with Crippen LogP contribution in [0.5, 0.6) is 5.75 Å². The predicted octanol–water partition coefficient (Wildman–Crippen LogP) is 2.77.